The van der Waals surface area contributed by atoms with Gasteiger partial charge in [-0.1, -0.05) is 15.9 Å². The Hall–Kier alpha value is -1.41. The van der Waals surface area contributed by atoms with Crippen LogP contribution in [0.25, 0.3) is 0 Å². The Labute approximate surface area is 180 Å². The normalized spacial score (nSPS) is 20.6. The molecule has 2 saturated heterocycles. The number of likely N-dealkylation sites (tertiary alicyclic amines) is 1. The number of rotatable bonds is 3. The smallest absolute Gasteiger partial charge is 0.410 e. The fourth-order valence-electron chi connectivity index (χ4n) is 3.87. The molecule has 1 aromatic rings. The average Bonchev–Trinajstić information content (AvgIpc) is 2.60. The van der Waals surface area contributed by atoms with E-state index in [4.69, 9.17) is 4.74 Å². The lowest BCUT2D eigenvalue weighted by molar-refractivity contribution is -0.0660. The van der Waals surface area contributed by atoms with E-state index in [1.54, 1.807) is 4.90 Å². The van der Waals surface area contributed by atoms with Gasteiger partial charge in [0.05, 0.1) is 6.54 Å². The van der Waals surface area contributed by atoms with Crippen LogP contribution >= 0.6 is 15.9 Å². The summed E-state index contributed by atoms with van der Waals surface area (Å²) >= 11 is 3.51. The Morgan fingerprint density at radius 2 is 1.86 bits per heavy atom. The Bertz CT molecular complexity index is 731. The molecule has 0 aliphatic carbocycles. The number of amides is 1. The van der Waals surface area contributed by atoms with Gasteiger partial charge in [-0.2, -0.15) is 0 Å². The van der Waals surface area contributed by atoms with Gasteiger partial charge in [-0.3, -0.25) is 4.90 Å². The molecule has 0 saturated carbocycles. The molecular formula is C21H30BrF2N3O2. The molecule has 0 spiro atoms. The van der Waals surface area contributed by atoms with Crippen LogP contribution in [0.15, 0.2) is 22.7 Å². The molecule has 0 radical (unpaired) electrons. The quantitative estimate of drug-likeness (QED) is 0.635. The molecule has 2 heterocycles. The summed E-state index contributed by atoms with van der Waals surface area (Å²) in [5.74, 6) is -2.61. The first-order chi connectivity index (χ1) is 13.5. The number of piperidine rings is 1. The third kappa shape index (κ3) is 6.28. The minimum absolute atomic E-state index is 0.0263. The van der Waals surface area contributed by atoms with E-state index in [2.05, 4.69) is 20.8 Å². The largest absolute Gasteiger partial charge is 0.444 e. The first-order valence-corrected chi connectivity index (χ1v) is 10.9. The van der Waals surface area contributed by atoms with Crippen LogP contribution in [-0.4, -0.2) is 66.7 Å². The van der Waals surface area contributed by atoms with Crippen LogP contribution in [-0.2, 0) is 11.3 Å². The van der Waals surface area contributed by atoms with Crippen molar-refractivity contribution in [2.75, 3.05) is 44.2 Å². The molecule has 0 aromatic heterocycles. The number of hydrogen-bond acceptors (Lipinski definition) is 4. The number of anilines is 1. The van der Waals surface area contributed by atoms with Crippen molar-refractivity contribution in [2.45, 2.75) is 51.7 Å². The monoisotopic (exact) mass is 473 g/mol. The molecule has 0 unspecified atom stereocenters. The topological polar surface area (TPSA) is 36.0 Å². The molecule has 1 aromatic carbocycles. The number of alkyl halides is 2. The highest BCUT2D eigenvalue weighted by atomic mass is 79.9. The minimum atomic E-state index is -2.61. The molecule has 1 amide bonds. The standard InChI is InChI=1S/C21H30BrF2N3O2/c1-20(2,3)29-19(28)27-11-9-26(10-12-27)18-6-5-17(22)13-16(18)14-25-8-4-7-21(23,24)15-25/h5-6,13H,4,7-12,14-15H2,1-3H3. The molecule has 0 bridgehead atoms. The number of carbonyl (C=O) groups excluding carboxylic acids is 1. The highest BCUT2D eigenvalue weighted by molar-refractivity contribution is 9.10. The molecule has 2 fully saturated rings. The van der Waals surface area contributed by atoms with Crippen molar-refractivity contribution in [3.63, 3.8) is 0 Å². The minimum Gasteiger partial charge on any atom is -0.444 e. The number of nitrogens with zero attached hydrogens (tertiary/aromatic N) is 3. The van der Waals surface area contributed by atoms with Gasteiger partial charge in [0.1, 0.15) is 5.60 Å². The molecule has 2 aliphatic heterocycles. The van der Waals surface area contributed by atoms with Gasteiger partial charge < -0.3 is 14.5 Å². The predicted molar refractivity (Wildman–Crippen MR) is 114 cm³/mol. The summed E-state index contributed by atoms with van der Waals surface area (Å²) in [6, 6.07) is 6.02. The predicted octanol–water partition coefficient (Wildman–Crippen LogP) is 4.74. The Morgan fingerprint density at radius 3 is 2.48 bits per heavy atom. The summed E-state index contributed by atoms with van der Waals surface area (Å²) in [6.07, 6.45) is 0.204. The number of piperazine rings is 1. The molecule has 29 heavy (non-hydrogen) atoms. The zero-order chi connectivity index (χ0) is 21.2. The fraction of sp³-hybridized carbons (Fsp3) is 0.667. The second-order valence-electron chi connectivity index (χ2n) is 8.90. The highest BCUT2D eigenvalue weighted by Crippen LogP contribution is 2.31. The Balaban J connectivity index is 1.66. The van der Waals surface area contributed by atoms with Gasteiger partial charge in [-0.15, -0.1) is 0 Å². The summed E-state index contributed by atoms with van der Waals surface area (Å²) in [7, 11) is 0. The number of benzene rings is 1. The van der Waals surface area contributed by atoms with Gasteiger partial charge in [-0.25, -0.2) is 13.6 Å². The highest BCUT2D eigenvalue weighted by Gasteiger charge is 2.35. The van der Waals surface area contributed by atoms with Crippen molar-refractivity contribution in [3.05, 3.63) is 28.2 Å². The molecule has 0 N–H and O–H groups in total. The lowest BCUT2D eigenvalue weighted by Gasteiger charge is -2.38. The summed E-state index contributed by atoms with van der Waals surface area (Å²) < 4.78 is 34.0. The van der Waals surface area contributed by atoms with Crippen molar-refractivity contribution in [1.29, 1.82) is 0 Å². The third-order valence-corrected chi connectivity index (χ3v) is 5.67. The van der Waals surface area contributed by atoms with E-state index in [0.717, 1.165) is 15.7 Å². The summed E-state index contributed by atoms with van der Waals surface area (Å²) in [6.45, 7) is 9.10. The van der Waals surface area contributed by atoms with E-state index < -0.39 is 11.5 Å². The average molecular weight is 474 g/mol. The van der Waals surface area contributed by atoms with Gasteiger partial charge in [0.25, 0.3) is 5.92 Å². The molecule has 3 rings (SSSR count). The van der Waals surface area contributed by atoms with Gasteiger partial charge >= 0.3 is 6.09 Å². The van der Waals surface area contributed by atoms with Crippen LogP contribution < -0.4 is 4.90 Å². The zero-order valence-electron chi connectivity index (χ0n) is 17.4. The fourth-order valence-corrected chi connectivity index (χ4v) is 4.28. The summed E-state index contributed by atoms with van der Waals surface area (Å²) in [4.78, 5) is 18.1. The lowest BCUT2D eigenvalue weighted by Crippen LogP contribution is -2.50. The second kappa shape index (κ2) is 8.76. The van der Waals surface area contributed by atoms with Crippen LogP contribution in [0.4, 0.5) is 19.3 Å². The maximum Gasteiger partial charge on any atom is 0.410 e. The SMILES string of the molecule is CC(C)(C)OC(=O)N1CCN(c2ccc(Br)cc2CN2CCCC(F)(F)C2)CC1. The number of halogens is 3. The zero-order valence-corrected chi connectivity index (χ0v) is 19.0. The van der Waals surface area contributed by atoms with Crippen LogP contribution in [0, 0.1) is 0 Å². The van der Waals surface area contributed by atoms with Crippen molar-refractivity contribution in [2.24, 2.45) is 0 Å². The molecule has 2 aliphatic rings. The number of carbonyl (C=O) groups is 1. The van der Waals surface area contributed by atoms with Gasteiger partial charge in [-0.05, 0) is 57.5 Å². The van der Waals surface area contributed by atoms with Crippen molar-refractivity contribution in [1.82, 2.24) is 9.80 Å². The van der Waals surface area contributed by atoms with E-state index in [1.165, 1.54) is 0 Å². The van der Waals surface area contributed by atoms with Crippen molar-refractivity contribution >= 4 is 27.7 Å². The van der Waals surface area contributed by atoms with Crippen molar-refractivity contribution < 1.29 is 18.3 Å². The maximum atomic E-state index is 13.8. The van der Waals surface area contributed by atoms with E-state index in [0.29, 0.717) is 45.7 Å². The molecule has 0 atom stereocenters. The third-order valence-electron chi connectivity index (χ3n) is 5.18. The molecular weight excluding hydrogens is 444 g/mol. The van der Waals surface area contributed by atoms with E-state index in [9.17, 15) is 13.6 Å². The summed E-state index contributed by atoms with van der Waals surface area (Å²) in [5, 5.41) is 0. The second-order valence-corrected chi connectivity index (χ2v) is 9.81. The van der Waals surface area contributed by atoms with Gasteiger partial charge in [0, 0.05) is 49.3 Å². The van der Waals surface area contributed by atoms with E-state index in [-0.39, 0.29) is 19.1 Å². The van der Waals surface area contributed by atoms with Crippen LogP contribution in [0.2, 0.25) is 0 Å². The molecule has 8 heteroatoms. The van der Waals surface area contributed by atoms with Crippen molar-refractivity contribution in [3.8, 4) is 0 Å². The number of hydrogen-bond donors (Lipinski definition) is 0. The van der Waals surface area contributed by atoms with Gasteiger partial charge in [0.15, 0.2) is 0 Å². The molecule has 5 nitrogen and oxygen atoms in total. The van der Waals surface area contributed by atoms with E-state index in [1.807, 2.05) is 43.9 Å². The first-order valence-electron chi connectivity index (χ1n) is 10.1. The van der Waals surface area contributed by atoms with E-state index >= 15 is 0 Å². The van der Waals surface area contributed by atoms with Crippen LogP contribution in [0.3, 0.4) is 0 Å². The lowest BCUT2D eigenvalue weighted by atomic mass is 10.0. The maximum absolute atomic E-state index is 13.8. The van der Waals surface area contributed by atoms with Gasteiger partial charge in [0.2, 0.25) is 0 Å². The van der Waals surface area contributed by atoms with Crippen LogP contribution in [0.5, 0.6) is 0 Å². The van der Waals surface area contributed by atoms with Crippen LogP contribution in [0.1, 0.15) is 39.2 Å². The first kappa shape index (κ1) is 22.3. The Kier molecular flexibility index (Phi) is 6.73. The summed E-state index contributed by atoms with van der Waals surface area (Å²) in [5.41, 5.74) is 1.57. The number of ether oxygens (including phenoxy) is 1. The molecule has 162 valence electrons. The Morgan fingerprint density at radius 1 is 1.17 bits per heavy atom.